The molecule has 1 unspecified atom stereocenters. The number of aliphatic hydroxyl groups excluding tert-OH is 1. The minimum absolute atomic E-state index is 0.369. The first-order valence-electron chi connectivity index (χ1n) is 6.26. The Kier molecular flexibility index (Phi) is 3.34. The van der Waals surface area contributed by atoms with Crippen LogP contribution in [0.5, 0.6) is 0 Å². The Morgan fingerprint density at radius 2 is 2.35 bits per heavy atom. The van der Waals surface area contributed by atoms with Crippen LogP contribution >= 0.6 is 0 Å². The zero-order chi connectivity index (χ0) is 13.9. The third-order valence-electron chi connectivity index (χ3n) is 3.01. The monoisotopic (exact) mass is 275 g/mol. The number of hydrogen-bond acceptors (Lipinski definition) is 5. The van der Waals surface area contributed by atoms with Gasteiger partial charge in [-0.15, -0.1) is 0 Å². The Morgan fingerprint density at radius 1 is 1.45 bits per heavy atom. The first-order chi connectivity index (χ1) is 9.72. The fourth-order valence-corrected chi connectivity index (χ4v) is 2.00. The third-order valence-corrected chi connectivity index (χ3v) is 3.01. The van der Waals surface area contributed by atoms with Crippen molar-refractivity contribution in [3.63, 3.8) is 0 Å². The molecule has 1 atom stereocenters. The average molecular weight is 275 g/mol. The summed E-state index contributed by atoms with van der Waals surface area (Å²) in [5, 5.41) is 12.8. The second kappa shape index (κ2) is 5.30. The molecule has 0 spiro atoms. The van der Waals surface area contributed by atoms with E-state index in [1.165, 1.54) is 23.3 Å². The summed E-state index contributed by atoms with van der Waals surface area (Å²) in [4.78, 5) is 12.9. The molecule has 0 amide bonds. The Morgan fingerprint density at radius 3 is 3.25 bits per heavy atom. The maximum absolute atomic E-state index is 13.1. The summed E-state index contributed by atoms with van der Waals surface area (Å²) in [7, 11) is 0. The van der Waals surface area contributed by atoms with Crippen LogP contribution in [0.25, 0.3) is 11.2 Å². The number of H-pyrrole nitrogens is 1. The molecule has 1 aliphatic heterocycles. The van der Waals surface area contributed by atoms with E-state index in [9.17, 15) is 9.50 Å². The highest BCUT2D eigenvalue weighted by atomic mass is 19.1. The number of halogens is 1. The Hall–Kier alpha value is -2.41. The van der Waals surface area contributed by atoms with Crippen molar-refractivity contribution in [2.45, 2.75) is 6.23 Å². The number of allylic oxidation sites excluding steroid dienone is 2. The number of nitrogens with one attached hydrogen (secondary N) is 2. The standard InChI is InChI=1S/C13H14FN5O/c14-9-1-4-12(20)19(7-9)6-5-15-11-3-2-10-13(18-11)17-8-16-10/h1-4,7-8,12,20H,5-6H2,(H2,15,16,17,18). The van der Waals surface area contributed by atoms with Gasteiger partial charge in [-0.05, 0) is 24.3 Å². The second-order valence-electron chi connectivity index (χ2n) is 4.42. The number of anilines is 1. The summed E-state index contributed by atoms with van der Waals surface area (Å²) >= 11 is 0. The normalized spacial score (nSPS) is 18.4. The fourth-order valence-electron chi connectivity index (χ4n) is 2.00. The molecule has 7 heteroatoms. The lowest BCUT2D eigenvalue weighted by atomic mass is 10.3. The topological polar surface area (TPSA) is 77.1 Å². The van der Waals surface area contributed by atoms with Gasteiger partial charge in [-0.1, -0.05) is 0 Å². The van der Waals surface area contributed by atoms with Crippen LogP contribution in [0, 0.1) is 0 Å². The number of imidazole rings is 1. The Balaban J connectivity index is 1.58. The van der Waals surface area contributed by atoms with E-state index < -0.39 is 6.23 Å². The van der Waals surface area contributed by atoms with Crippen LogP contribution in [0.3, 0.4) is 0 Å². The highest BCUT2D eigenvalue weighted by Gasteiger charge is 2.13. The largest absolute Gasteiger partial charge is 0.370 e. The molecule has 0 aliphatic carbocycles. The van der Waals surface area contributed by atoms with Crippen LogP contribution in [-0.4, -0.2) is 44.3 Å². The molecule has 3 heterocycles. The molecule has 3 N–H and O–H groups in total. The summed E-state index contributed by atoms with van der Waals surface area (Å²) in [5.74, 6) is 0.322. The van der Waals surface area contributed by atoms with E-state index in [-0.39, 0.29) is 5.83 Å². The summed E-state index contributed by atoms with van der Waals surface area (Å²) in [5.41, 5.74) is 1.51. The highest BCUT2D eigenvalue weighted by molar-refractivity contribution is 5.71. The SMILES string of the molecule is OC1C=CC(F)=CN1CCNc1ccc2[nH]cnc2n1. The molecule has 6 nitrogen and oxygen atoms in total. The van der Waals surface area contributed by atoms with E-state index in [1.807, 2.05) is 12.1 Å². The van der Waals surface area contributed by atoms with Crippen LogP contribution in [0.15, 0.2) is 42.6 Å². The van der Waals surface area contributed by atoms with Gasteiger partial charge in [0.1, 0.15) is 17.9 Å². The second-order valence-corrected chi connectivity index (χ2v) is 4.42. The van der Waals surface area contributed by atoms with Crippen molar-refractivity contribution in [3.8, 4) is 0 Å². The number of nitrogens with zero attached hydrogens (tertiary/aromatic N) is 3. The predicted octanol–water partition coefficient (Wildman–Crippen LogP) is 1.37. The van der Waals surface area contributed by atoms with Crippen LogP contribution in [-0.2, 0) is 0 Å². The van der Waals surface area contributed by atoms with Crippen molar-refractivity contribution in [2.24, 2.45) is 0 Å². The molecule has 104 valence electrons. The van der Waals surface area contributed by atoms with E-state index in [4.69, 9.17) is 0 Å². The first-order valence-corrected chi connectivity index (χ1v) is 6.26. The third kappa shape index (κ3) is 2.62. The number of rotatable bonds is 4. The molecule has 2 aromatic heterocycles. The van der Waals surface area contributed by atoms with Gasteiger partial charge in [0.15, 0.2) is 5.65 Å². The van der Waals surface area contributed by atoms with Crippen molar-refractivity contribution >= 4 is 17.0 Å². The molecule has 3 rings (SSSR count). The van der Waals surface area contributed by atoms with Gasteiger partial charge in [0.2, 0.25) is 0 Å². The number of hydrogen-bond donors (Lipinski definition) is 3. The summed E-state index contributed by atoms with van der Waals surface area (Å²) in [6.45, 7) is 0.983. The van der Waals surface area contributed by atoms with Gasteiger partial charge in [0.25, 0.3) is 0 Å². The van der Waals surface area contributed by atoms with Crippen molar-refractivity contribution in [1.82, 2.24) is 19.9 Å². The van der Waals surface area contributed by atoms with Gasteiger partial charge in [-0.3, -0.25) is 0 Å². The lowest BCUT2D eigenvalue weighted by molar-refractivity contribution is 0.0779. The molecule has 1 aliphatic rings. The summed E-state index contributed by atoms with van der Waals surface area (Å²) < 4.78 is 13.1. The summed E-state index contributed by atoms with van der Waals surface area (Å²) in [6.07, 6.45) is 4.74. The van der Waals surface area contributed by atoms with Crippen molar-refractivity contribution in [1.29, 1.82) is 0 Å². The van der Waals surface area contributed by atoms with E-state index in [1.54, 1.807) is 6.33 Å². The van der Waals surface area contributed by atoms with Crippen molar-refractivity contribution in [3.05, 3.63) is 42.6 Å². The number of aliphatic hydroxyl groups is 1. The summed E-state index contributed by atoms with van der Waals surface area (Å²) in [6, 6.07) is 3.72. The molecular weight excluding hydrogens is 261 g/mol. The number of fused-ring (bicyclic) bond motifs is 1. The minimum Gasteiger partial charge on any atom is -0.370 e. The fraction of sp³-hybridized carbons (Fsp3) is 0.231. The van der Waals surface area contributed by atoms with E-state index in [2.05, 4.69) is 20.3 Å². The van der Waals surface area contributed by atoms with E-state index in [0.717, 1.165) is 5.52 Å². The number of aromatic nitrogens is 3. The lowest BCUT2D eigenvalue weighted by Gasteiger charge is -2.26. The van der Waals surface area contributed by atoms with Crippen LogP contribution < -0.4 is 5.32 Å². The highest BCUT2D eigenvalue weighted by Crippen LogP contribution is 2.13. The molecule has 0 aromatic carbocycles. The molecule has 0 saturated carbocycles. The molecule has 0 bridgehead atoms. The molecule has 20 heavy (non-hydrogen) atoms. The maximum Gasteiger partial charge on any atom is 0.179 e. The van der Waals surface area contributed by atoms with Gasteiger partial charge in [0.05, 0.1) is 11.8 Å². The molecule has 0 saturated heterocycles. The van der Waals surface area contributed by atoms with Gasteiger partial charge in [-0.25, -0.2) is 14.4 Å². The molecule has 2 aromatic rings. The van der Waals surface area contributed by atoms with E-state index in [0.29, 0.717) is 24.6 Å². The Labute approximate surface area is 114 Å². The average Bonchev–Trinajstić information content (AvgIpc) is 2.90. The van der Waals surface area contributed by atoms with E-state index >= 15 is 0 Å². The zero-order valence-corrected chi connectivity index (χ0v) is 10.6. The zero-order valence-electron chi connectivity index (χ0n) is 10.6. The molecule has 0 fully saturated rings. The smallest absolute Gasteiger partial charge is 0.179 e. The predicted molar refractivity (Wildman–Crippen MR) is 73.4 cm³/mol. The molecular formula is C13H14FN5O. The van der Waals surface area contributed by atoms with Crippen LogP contribution in [0.1, 0.15) is 0 Å². The van der Waals surface area contributed by atoms with Crippen LogP contribution in [0.2, 0.25) is 0 Å². The maximum atomic E-state index is 13.1. The van der Waals surface area contributed by atoms with Crippen molar-refractivity contribution in [2.75, 3.05) is 18.4 Å². The van der Waals surface area contributed by atoms with Crippen LogP contribution in [0.4, 0.5) is 10.2 Å². The quantitative estimate of drug-likeness (QED) is 0.785. The van der Waals surface area contributed by atoms with Crippen molar-refractivity contribution < 1.29 is 9.50 Å². The number of aromatic amines is 1. The van der Waals surface area contributed by atoms with Gasteiger partial charge in [0, 0.05) is 19.3 Å². The minimum atomic E-state index is -0.793. The lowest BCUT2D eigenvalue weighted by Crippen LogP contribution is -2.34. The number of pyridine rings is 1. The van der Waals surface area contributed by atoms with Gasteiger partial charge >= 0.3 is 0 Å². The Bertz CT molecular complexity index is 666. The van der Waals surface area contributed by atoms with Gasteiger partial charge < -0.3 is 20.3 Å². The molecule has 0 radical (unpaired) electrons. The van der Waals surface area contributed by atoms with Gasteiger partial charge in [-0.2, -0.15) is 0 Å². The first kappa shape index (κ1) is 12.6.